The lowest BCUT2D eigenvalue weighted by Crippen LogP contribution is -2.30. The summed E-state index contributed by atoms with van der Waals surface area (Å²) in [6, 6.07) is 12.4. The lowest BCUT2D eigenvalue weighted by atomic mass is 10.1. The number of hydrogen-bond donors (Lipinski definition) is 2. The molecule has 0 unspecified atom stereocenters. The number of imide groups is 1. The van der Waals surface area contributed by atoms with Crippen molar-refractivity contribution in [3.63, 3.8) is 0 Å². The number of carbonyl (C=O) groups excluding carboxylic acids is 4. The second-order valence-corrected chi connectivity index (χ2v) is 8.12. The van der Waals surface area contributed by atoms with E-state index in [0.29, 0.717) is 23.6 Å². The number of benzene rings is 2. The highest BCUT2D eigenvalue weighted by molar-refractivity contribution is 6.13. The number of furan rings is 1. The highest BCUT2D eigenvalue weighted by atomic mass is 19.1. The van der Waals surface area contributed by atoms with Crippen LogP contribution in [0, 0.1) is 5.82 Å². The number of anilines is 1. The standard InChI is InChI=1S/C27H24FN3O8/c1-3-37-23-12-16(7-9-21(23)38-15-24(32)29-18-6-4-5-17(28)13-18)11-20-25(33)31(27(35)30-20)14-19-8-10-22(39-19)26(34)36-2/h4-13H,3,14-15H2,1-2H3,(H,29,32)(H,30,35)/b20-11-. The van der Waals surface area contributed by atoms with Crippen molar-refractivity contribution in [2.45, 2.75) is 13.5 Å². The monoisotopic (exact) mass is 537 g/mol. The fourth-order valence-electron chi connectivity index (χ4n) is 3.62. The van der Waals surface area contributed by atoms with Gasteiger partial charge in [-0.3, -0.25) is 14.5 Å². The van der Waals surface area contributed by atoms with Gasteiger partial charge in [0.05, 0.1) is 20.3 Å². The molecule has 1 aliphatic heterocycles. The van der Waals surface area contributed by atoms with Crippen molar-refractivity contribution in [1.82, 2.24) is 10.2 Å². The van der Waals surface area contributed by atoms with Gasteiger partial charge in [-0.15, -0.1) is 0 Å². The average Bonchev–Trinajstić information content (AvgIpc) is 3.48. The van der Waals surface area contributed by atoms with Crippen molar-refractivity contribution in [2.75, 3.05) is 25.6 Å². The molecule has 1 fully saturated rings. The van der Waals surface area contributed by atoms with Crippen molar-refractivity contribution < 1.29 is 42.2 Å². The second-order valence-electron chi connectivity index (χ2n) is 8.12. The molecule has 0 saturated carbocycles. The van der Waals surface area contributed by atoms with E-state index in [-0.39, 0.29) is 36.1 Å². The second kappa shape index (κ2) is 11.9. The number of halogens is 1. The SMILES string of the molecule is CCOc1cc(/C=C2\NC(=O)N(Cc3ccc(C(=O)OC)o3)C2=O)ccc1OCC(=O)Nc1cccc(F)c1. The predicted octanol–water partition coefficient (Wildman–Crippen LogP) is 3.71. The van der Waals surface area contributed by atoms with Gasteiger partial charge in [-0.25, -0.2) is 14.0 Å². The molecule has 11 nitrogen and oxygen atoms in total. The van der Waals surface area contributed by atoms with Gasteiger partial charge in [0.15, 0.2) is 18.1 Å². The quantitative estimate of drug-likeness (QED) is 0.227. The van der Waals surface area contributed by atoms with Crippen LogP contribution in [0.5, 0.6) is 11.5 Å². The van der Waals surface area contributed by atoms with Gasteiger partial charge >= 0.3 is 12.0 Å². The third-order valence-corrected chi connectivity index (χ3v) is 5.37. The third kappa shape index (κ3) is 6.60. The van der Waals surface area contributed by atoms with Crippen LogP contribution in [-0.2, 0) is 20.9 Å². The molecular formula is C27H24FN3O8. The maximum atomic E-state index is 13.3. The molecule has 4 rings (SSSR count). The number of carbonyl (C=O) groups is 4. The molecule has 1 aromatic heterocycles. The Morgan fingerprint density at radius 2 is 1.90 bits per heavy atom. The lowest BCUT2D eigenvalue weighted by Gasteiger charge is -2.13. The van der Waals surface area contributed by atoms with Gasteiger partial charge in [-0.05, 0) is 61.0 Å². The highest BCUT2D eigenvalue weighted by Gasteiger charge is 2.34. The van der Waals surface area contributed by atoms with Gasteiger partial charge in [0.25, 0.3) is 11.8 Å². The molecule has 0 aliphatic carbocycles. The molecule has 0 bridgehead atoms. The van der Waals surface area contributed by atoms with E-state index in [1.54, 1.807) is 31.2 Å². The predicted molar refractivity (Wildman–Crippen MR) is 135 cm³/mol. The first-order chi connectivity index (χ1) is 18.8. The van der Waals surface area contributed by atoms with Crippen LogP contribution < -0.4 is 20.1 Å². The number of urea groups is 1. The van der Waals surface area contributed by atoms with E-state index in [1.165, 1.54) is 43.5 Å². The molecule has 202 valence electrons. The van der Waals surface area contributed by atoms with Crippen LogP contribution >= 0.6 is 0 Å². The first kappa shape index (κ1) is 26.9. The van der Waals surface area contributed by atoms with E-state index >= 15 is 0 Å². The van der Waals surface area contributed by atoms with E-state index < -0.39 is 29.6 Å². The molecule has 1 saturated heterocycles. The molecule has 12 heteroatoms. The summed E-state index contributed by atoms with van der Waals surface area (Å²) in [7, 11) is 1.21. The number of methoxy groups -OCH3 is 1. The number of hydrogen-bond acceptors (Lipinski definition) is 8. The molecule has 39 heavy (non-hydrogen) atoms. The van der Waals surface area contributed by atoms with Crippen LogP contribution in [0.2, 0.25) is 0 Å². The molecule has 0 radical (unpaired) electrons. The zero-order chi connectivity index (χ0) is 27.9. The zero-order valence-corrected chi connectivity index (χ0v) is 21.0. The number of nitrogens with one attached hydrogen (secondary N) is 2. The van der Waals surface area contributed by atoms with Crippen molar-refractivity contribution >= 4 is 35.6 Å². The maximum Gasteiger partial charge on any atom is 0.373 e. The largest absolute Gasteiger partial charge is 0.490 e. The smallest absolute Gasteiger partial charge is 0.373 e. The number of ether oxygens (including phenoxy) is 3. The first-order valence-corrected chi connectivity index (χ1v) is 11.7. The van der Waals surface area contributed by atoms with Crippen molar-refractivity contribution in [3.8, 4) is 11.5 Å². The van der Waals surface area contributed by atoms with Crippen LogP contribution in [0.15, 0.2) is 64.7 Å². The normalized spacial score (nSPS) is 13.8. The topological polar surface area (TPSA) is 136 Å². The Hall–Kier alpha value is -5.13. The van der Waals surface area contributed by atoms with Crippen LogP contribution in [0.4, 0.5) is 14.9 Å². The van der Waals surface area contributed by atoms with Gasteiger partial charge in [0.2, 0.25) is 5.76 Å². The van der Waals surface area contributed by atoms with E-state index in [0.717, 1.165) is 4.90 Å². The Labute approximate surface area is 222 Å². The molecule has 2 N–H and O–H groups in total. The van der Waals surface area contributed by atoms with Crippen LogP contribution in [0.3, 0.4) is 0 Å². The van der Waals surface area contributed by atoms with Crippen LogP contribution in [-0.4, -0.2) is 49.0 Å². The van der Waals surface area contributed by atoms with Crippen molar-refractivity contribution in [1.29, 1.82) is 0 Å². The fraction of sp³-hybridized carbons (Fsp3) is 0.185. The van der Waals surface area contributed by atoms with Gasteiger partial charge < -0.3 is 29.3 Å². The minimum absolute atomic E-state index is 0.0188. The van der Waals surface area contributed by atoms with Gasteiger partial charge in [0, 0.05) is 5.69 Å². The molecule has 0 spiro atoms. The van der Waals surface area contributed by atoms with Crippen molar-refractivity contribution in [2.24, 2.45) is 0 Å². The summed E-state index contributed by atoms with van der Waals surface area (Å²) in [6.45, 7) is 1.52. The van der Waals surface area contributed by atoms with Gasteiger partial charge in [0.1, 0.15) is 17.3 Å². The Bertz CT molecular complexity index is 1450. The van der Waals surface area contributed by atoms with E-state index in [9.17, 15) is 23.6 Å². The summed E-state index contributed by atoms with van der Waals surface area (Å²) >= 11 is 0. The Morgan fingerprint density at radius 1 is 1.08 bits per heavy atom. The number of amides is 4. The molecule has 0 atom stereocenters. The Morgan fingerprint density at radius 3 is 2.64 bits per heavy atom. The summed E-state index contributed by atoms with van der Waals surface area (Å²) in [6.07, 6.45) is 1.46. The van der Waals surface area contributed by atoms with Gasteiger partial charge in [-0.1, -0.05) is 12.1 Å². The van der Waals surface area contributed by atoms with Gasteiger partial charge in [-0.2, -0.15) is 0 Å². The highest BCUT2D eigenvalue weighted by Crippen LogP contribution is 2.30. The molecular weight excluding hydrogens is 513 g/mol. The minimum Gasteiger partial charge on any atom is -0.490 e. The van der Waals surface area contributed by atoms with Crippen LogP contribution in [0.25, 0.3) is 6.08 Å². The average molecular weight is 538 g/mol. The summed E-state index contributed by atoms with van der Waals surface area (Å²) in [4.78, 5) is 50.0. The summed E-state index contributed by atoms with van der Waals surface area (Å²) in [5, 5.41) is 5.05. The first-order valence-electron chi connectivity index (χ1n) is 11.7. The molecule has 3 aromatic rings. The number of nitrogens with zero attached hydrogens (tertiary/aromatic N) is 1. The van der Waals surface area contributed by atoms with Crippen molar-refractivity contribution in [3.05, 3.63) is 83.2 Å². The molecule has 4 amide bonds. The Balaban J connectivity index is 1.43. The zero-order valence-electron chi connectivity index (χ0n) is 21.0. The number of rotatable bonds is 10. The summed E-state index contributed by atoms with van der Waals surface area (Å²) < 4.78 is 34.5. The third-order valence-electron chi connectivity index (χ3n) is 5.37. The molecule has 2 aromatic carbocycles. The fourth-order valence-corrected chi connectivity index (χ4v) is 3.62. The van der Waals surface area contributed by atoms with Crippen LogP contribution in [0.1, 0.15) is 28.8 Å². The van der Waals surface area contributed by atoms with E-state index in [2.05, 4.69) is 15.4 Å². The minimum atomic E-state index is -0.677. The van der Waals surface area contributed by atoms with E-state index in [4.69, 9.17) is 13.9 Å². The summed E-state index contributed by atoms with van der Waals surface area (Å²) in [5.41, 5.74) is 0.834. The summed E-state index contributed by atoms with van der Waals surface area (Å²) in [5.74, 6) is -1.49. The maximum absolute atomic E-state index is 13.3. The van der Waals surface area contributed by atoms with E-state index in [1.807, 2.05) is 0 Å². The number of esters is 1. The lowest BCUT2D eigenvalue weighted by molar-refractivity contribution is -0.123. The Kier molecular flexibility index (Phi) is 8.24. The molecule has 2 heterocycles. The molecule has 1 aliphatic rings.